The van der Waals surface area contributed by atoms with Gasteiger partial charge in [0, 0.05) is 11.6 Å². The number of phenolic OH excluding ortho intramolecular Hbond substituents is 1. The van der Waals surface area contributed by atoms with Crippen molar-refractivity contribution in [1.82, 2.24) is 0 Å². The molecule has 1 aromatic rings. The molecule has 1 aliphatic carbocycles. The fourth-order valence-corrected chi connectivity index (χ4v) is 1.82. The molecule has 2 N–H and O–H groups in total. The van der Waals surface area contributed by atoms with E-state index in [0.717, 1.165) is 12.1 Å². The molecule has 1 saturated carbocycles. The Morgan fingerprint density at radius 2 is 2.12 bits per heavy atom. The van der Waals surface area contributed by atoms with Crippen LogP contribution in [-0.2, 0) is 10.2 Å². The van der Waals surface area contributed by atoms with Gasteiger partial charge in [-0.1, -0.05) is 0 Å². The SMILES string of the molecule is COc1cc(F)cc(C2(C(=O)O)CC2)c1O. The van der Waals surface area contributed by atoms with E-state index in [1.54, 1.807) is 0 Å². The van der Waals surface area contributed by atoms with Crippen LogP contribution in [0, 0.1) is 5.82 Å². The summed E-state index contributed by atoms with van der Waals surface area (Å²) in [4.78, 5) is 11.1. The summed E-state index contributed by atoms with van der Waals surface area (Å²) < 4.78 is 18.0. The summed E-state index contributed by atoms with van der Waals surface area (Å²) in [5, 5.41) is 18.8. The number of rotatable bonds is 3. The standard InChI is InChI=1S/C11H11FO4/c1-16-8-5-6(12)4-7(9(8)13)11(2-3-11)10(14)15/h4-5,13H,2-3H2,1H3,(H,14,15). The van der Waals surface area contributed by atoms with Crippen molar-refractivity contribution in [2.24, 2.45) is 0 Å². The van der Waals surface area contributed by atoms with E-state index < -0.39 is 17.2 Å². The molecule has 0 atom stereocenters. The fourth-order valence-electron chi connectivity index (χ4n) is 1.82. The van der Waals surface area contributed by atoms with Crippen LogP contribution in [0.2, 0.25) is 0 Å². The molecule has 0 radical (unpaired) electrons. The summed E-state index contributed by atoms with van der Waals surface area (Å²) in [6.45, 7) is 0. The maximum Gasteiger partial charge on any atom is 0.314 e. The third-order valence-corrected chi connectivity index (χ3v) is 2.93. The Hall–Kier alpha value is -1.78. The lowest BCUT2D eigenvalue weighted by Gasteiger charge is -2.14. The molecule has 0 aliphatic heterocycles. The zero-order valence-corrected chi connectivity index (χ0v) is 8.66. The first-order valence-electron chi connectivity index (χ1n) is 4.81. The van der Waals surface area contributed by atoms with E-state index in [4.69, 9.17) is 9.84 Å². The highest BCUT2D eigenvalue weighted by Crippen LogP contribution is 2.53. The van der Waals surface area contributed by atoms with Gasteiger partial charge >= 0.3 is 5.97 Å². The van der Waals surface area contributed by atoms with Gasteiger partial charge in [0.1, 0.15) is 5.82 Å². The summed E-state index contributed by atoms with van der Waals surface area (Å²) in [7, 11) is 1.29. The van der Waals surface area contributed by atoms with Crippen LogP contribution < -0.4 is 4.74 Å². The van der Waals surface area contributed by atoms with Gasteiger partial charge in [0.05, 0.1) is 12.5 Å². The number of aromatic hydroxyl groups is 1. The number of carboxylic acid groups (broad SMARTS) is 1. The average molecular weight is 226 g/mol. The monoisotopic (exact) mass is 226 g/mol. The molecule has 86 valence electrons. The quantitative estimate of drug-likeness (QED) is 0.822. The first-order chi connectivity index (χ1) is 7.51. The van der Waals surface area contributed by atoms with Gasteiger partial charge in [-0.25, -0.2) is 4.39 Å². The van der Waals surface area contributed by atoms with Crippen molar-refractivity contribution >= 4 is 5.97 Å². The molecule has 0 aromatic heterocycles. The Morgan fingerprint density at radius 1 is 1.50 bits per heavy atom. The first kappa shape index (κ1) is 10.7. The van der Waals surface area contributed by atoms with E-state index in [2.05, 4.69) is 0 Å². The highest BCUT2D eigenvalue weighted by molar-refractivity contribution is 5.86. The molecule has 16 heavy (non-hydrogen) atoms. The van der Waals surface area contributed by atoms with Crippen molar-refractivity contribution in [2.45, 2.75) is 18.3 Å². The second-order valence-electron chi connectivity index (χ2n) is 3.89. The highest BCUT2D eigenvalue weighted by Gasteiger charge is 2.53. The van der Waals surface area contributed by atoms with Crippen molar-refractivity contribution < 1.29 is 24.1 Å². The maximum absolute atomic E-state index is 13.2. The number of phenols is 1. The minimum absolute atomic E-state index is 0.0393. The molecule has 0 amide bonds. The van der Waals surface area contributed by atoms with Gasteiger partial charge in [0.25, 0.3) is 0 Å². The van der Waals surface area contributed by atoms with Gasteiger partial charge in [-0.15, -0.1) is 0 Å². The van der Waals surface area contributed by atoms with Crippen molar-refractivity contribution in [1.29, 1.82) is 0 Å². The summed E-state index contributed by atoms with van der Waals surface area (Å²) in [5.74, 6) is -1.99. The third-order valence-electron chi connectivity index (χ3n) is 2.93. The predicted molar refractivity (Wildman–Crippen MR) is 53.2 cm³/mol. The van der Waals surface area contributed by atoms with Crippen LogP contribution in [0.5, 0.6) is 11.5 Å². The van der Waals surface area contributed by atoms with E-state index >= 15 is 0 Å². The van der Waals surface area contributed by atoms with Crippen LogP contribution >= 0.6 is 0 Å². The van der Waals surface area contributed by atoms with Gasteiger partial charge in [-0.2, -0.15) is 0 Å². The number of aliphatic carboxylic acids is 1. The Labute approximate surface area is 91.3 Å². The van der Waals surface area contributed by atoms with Gasteiger partial charge in [0.15, 0.2) is 11.5 Å². The summed E-state index contributed by atoms with van der Waals surface area (Å²) in [5.41, 5.74) is -1.05. The lowest BCUT2D eigenvalue weighted by Crippen LogP contribution is -2.20. The molecule has 1 aromatic carbocycles. The Bertz CT molecular complexity index is 452. The van der Waals surface area contributed by atoms with Crippen molar-refractivity contribution in [3.8, 4) is 11.5 Å². The van der Waals surface area contributed by atoms with Crippen LogP contribution in [-0.4, -0.2) is 23.3 Å². The van der Waals surface area contributed by atoms with E-state index in [1.165, 1.54) is 7.11 Å². The predicted octanol–water partition coefficient (Wildman–Crippen LogP) is 1.66. The smallest absolute Gasteiger partial charge is 0.314 e. The van der Waals surface area contributed by atoms with E-state index in [-0.39, 0.29) is 17.1 Å². The fraction of sp³-hybridized carbons (Fsp3) is 0.364. The first-order valence-corrected chi connectivity index (χ1v) is 4.81. The molecular formula is C11H11FO4. The Kier molecular flexibility index (Phi) is 2.26. The number of benzene rings is 1. The van der Waals surface area contributed by atoms with E-state index in [9.17, 15) is 14.3 Å². The molecule has 0 heterocycles. The molecule has 5 heteroatoms. The lowest BCUT2D eigenvalue weighted by atomic mass is 9.94. The van der Waals surface area contributed by atoms with Gasteiger partial charge in [-0.05, 0) is 18.9 Å². The lowest BCUT2D eigenvalue weighted by molar-refractivity contribution is -0.140. The van der Waals surface area contributed by atoms with Gasteiger partial charge < -0.3 is 14.9 Å². The number of carbonyl (C=O) groups is 1. The number of hydrogen-bond acceptors (Lipinski definition) is 3. The molecule has 1 fully saturated rings. The number of carboxylic acids is 1. The van der Waals surface area contributed by atoms with Crippen LogP contribution in [0.1, 0.15) is 18.4 Å². The number of methoxy groups -OCH3 is 1. The Morgan fingerprint density at radius 3 is 2.56 bits per heavy atom. The Balaban J connectivity index is 2.57. The van der Waals surface area contributed by atoms with Crippen LogP contribution in [0.15, 0.2) is 12.1 Å². The average Bonchev–Trinajstić information content (AvgIpc) is 3.02. The van der Waals surface area contributed by atoms with Crippen LogP contribution in [0.4, 0.5) is 4.39 Å². The molecule has 0 spiro atoms. The second kappa shape index (κ2) is 3.37. The van der Waals surface area contributed by atoms with E-state index in [1.807, 2.05) is 0 Å². The molecule has 4 nitrogen and oxygen atoms in total. The maximum atomic E-state index is 13.2. The van der Waals surface area contributed by atoms with Crippen molar-refractivity contribution in [2.75, 3.05) is 7.11 Å². The molecule has 0 saturated heterocycles. The summed E-state index contributed by atoms with van der Waals surface area (Å²) in [6, 6.07) is 2.08. The number of hydrogen-bond donors (Lipinski definition) is 2. The highest BCUT2D eigenvalue weighted by atomic mass is 19.1. The zero-order chi connectivity index (χ0) is 11.9. The zero-order valence-electron chi connectivity index (χ0n) is 8.66. The van der Waals surface area contributed by atoms with Crippen molar-refractivity contribution in [3.05, 3.63) is 23.5 Å². The topological polar surface area (TPSA) is 66.8 Å². The van der Waals surface area contributed by atoms with Crippen LogP contribution in [0.25, 0.3) is 0 Å². The third kappa shape index (κ3) is 1.39. The number of ether oxygens (including phenoxy) is 1. The van der Waals surface area contributed by atoms with Gasteiger partial charge in [-0.3, -0.25) is 4.79 Å². The molecular weight excluding hydrogens is 215 g/mol. The number of halogens is 1. The second-order valence-corrected chi connectivity index (χ2v) is 3.89. The van der Waals surface area contributed by atoms with Crippen LogP contribution in [0.3, 0.4) is 0 Å². The molecule has 0 bridgehead atoms. The summed E-state index contributed by atoms with van der Waals surface area (Å²) in [6.07, 6.45) is 0.811. The minimum atomic E-state index is -1.14. The van der Waals surface area contributed by atoms with E-state index in [0.29, 0.717) is 12.8 Å². The normalized spacial score (nSPS) is 16.9. The molecule has 0 unspecified atom stereocenters. The van der Waals surface area contributed by atoms with Crippen molar-refractivity contribution in [3.63, 3.8) is 0 Å². The minimum Gasteiger partial charge on any atom is -0.504 e. The van der Waals surface area contributed by atoms with Gasteiger partial charge in [0.2, 0.25) is 0 Å². The molecule has 2 rings (SSSR count). The molecule has 1 aliphatic rings. The summed E-state index contributed by atoms with van der Waals surface area (Å²) >= 11 is 0. The largest absolute Gasteiger partial charge is 0.504 e.